The summed E-state index contributed by atoms with van der Waals surface area (Å²) in [6, 6.07) is 7.13. The highest BCUT2D eigenvalue weighted by Crippen LogP contribution is 2.32. The van der Waals surface area contributed by atoms with Crippen molar-refractivity contribution in [2.24, 2.45) is 5.92 Å². The first kappa shape index (κ1) is 10.7. The Hall–Kier alpha value is -0.470. The SMILES string of the molecule is c1cc2c(cc1CC1CCCNC1)SCC2. The third-order valence-electron chi connectivity index (χ3n) is 3.68. The summed E-state index contributed by atoms with van der Waals surface area (Å²) in [6.07, 6.45) is 5.29. The Balaban J connectivity index is 1.69. The van der Waals surface area contributed by atoms with Gasteiger partial charge in [-0.1, -0.05) is 12.1 Å². The Morgan fingerprint density at radius 3 is 3.25 bits per heavy atom. The van der Waals surface area contributed by atoms with E-state index in [9.17, 15) is 0 Å². The molecule has 86 valence electrons. The summed E-state index contributed by atoms with van der Waals surface area (Å²) in [5.74, 6) is 2.14. The van der Waals surface area contributed by atoms with Gasteiger partial charge in [0.2, 0.25) is 0 Å². The van der Waals surface area contributed by atoms with Gasteiger partial charge in [-0.15, -0.1) is 11.8 Å². The van der Waals surface area contributed by atoms with Crippen molar-refractivity contribution in [3.05, 3.63) is 29.3 Å². The maximum Gasteiger partial charge on any atom is 0.0107 e. The highest BCUT2D eigenvalue weighted by molar-refractivity contribution is 7.99. The van der Waals surface area contributed by atoms with E-state index in [4.69, 9.17) is 0 Å². The molecule has 3 rings (SSSR count). The predicted molar refractivity (Wildman–Crippen MR) is 70.2 cm³/mol. The van der Waals surface area contributed by atoms with Gasteiger partial charge in [0.15, 0.2) is 0 Å². The fourth-order valence-corrected chi connectivity index (χ4v) is 3.90. The number of thioether (sulfide) groups is 1. The van der Waals surface area contributed by atoms with Gasteiger partial charge in [0, 0.05) is 10.6 Å². The lowest BCUT2D eigenvalue weighted by atomic mass is 9.92. The third kappa shape index (κ3) is 2.28. The highest BCUT2D eigenvalue weighted by atomic mass is 32.2. The summed E-state index contributed by atoms with van der Waals surface area (Å²) in [6.45, 7) is 2.43. The summed E-state index contributed by atoms with van der Waals surface area (Å²) in [5.41, 5.74) is 3.11. The molecular weight excluding hydrogens is 214 g/mol. The van der Waals surface area contributed by atoms with Crippen LogP contribution in [0, 0.1) is 5.92 Å². The molecule has 1 N–H and O–H groups in total. The van der Waals surface area contributed by atoms with Crippen LogP contribution in [0.4, 0.5) is 0 Å². The van der Waals surface area contributed by atoms with Gasteiger partial charge < -0.3 is 5.32 Å². The molecule has 2 heteroatoms. The minimum absolute atomic E-state index is 0.859. The lowest BCUT2D eigenvalue weighted by Gasteiger charge is -2.22. The van der Waals surface area contributed by atoms with Crippen molar-refractivity contribution in [3.63, 3.8) is 0 Å². The molecule has 1 fully saturated rings. The van der Waals surface area contributed by atoms with E-state index >= 15 is 0 Å². The van der Waals surface area contributed by atoms with E-state index in [0.29, 0.717) is 0 Å². The molecule has 1 aromatic rings. The normalized spacial score (nSPS) is 24.4. The van der Waals surface area contributed by atoms with Gasteiger partial charge in [-0.25, -0.2) is 0 Å². The topological polar surface area (TPSA) is 12.0 Å². The second-order valence-corrected chi connectivity index (χ2v) is 6.09. The van der Waals surface area contributed by atoms with Crippen molar-refractivity contribution < 1.29 is 0 Å². The summed E-state index contributed by atoms with van der Waals surface area (Å²) < 4.78 is 0. The number of nitrogens with one attached hydrogen (secondary N) is 1. The lowest BCUT2D eigenvalue weighted by molar-refractivity contribution is 0.376. The molecule has 1 saturated heterocycles. The molecule has 0 saturated carbocycles. The molecule has 0 aliphatic carbocycles. The minimum Gasteiger partial charge on any atom is -0.316 e. The van der Waals surface area contributed by atoms with Gasteiger partial charge in [0.05, 0.1) is 0 Å². The second kappa shape index (κ2) is 4.80. The number of rotatable bonds is 2. The van der Waals surface area contributed by atoms with Crippen molar-refractivity contribution in [3.8, 4) is 0 Å². The van der Waals surface area contributed by atoms with Crippen LogP contribution in [0.25, 0.3) is 0 Å². The van der Waals surface area contributed by atoms with Gasteiger partial charge in [-0.05, 0) is 61.9 Å². The zero-order valence-electron chi connectivity index (χ0n) is 9.67. The summed E-state index contributed by atoms with van der Waals surface area (Å²) in [4.78, 5) is 1.54. The van der Waals surface area contributed by atoms with E-state index in [2.05, 4.69) is 23.5 Å². The van der Waals surface area contributed by atoms with Crippen LogP contribution in [0.5, 0.6) is 0 Å². The second-order valence-electron chi connectivity index (χ2n) is 4.96. The fraction of sp³-hybridized carbons (Fsp3) is 0.571. The number of benzene rings is 1. The zero-order valence-corrected chi connectivity index (χ0v) is 10.5. The van der Waals surface area contributed by atoms with Gasteiger partial charge in [-0.3, -0.25) is 0 Å². The van der Waals surface area contributed by atoms with Gasteiger partial charge in [-0.2, -0.15) is 0 Å². The average molecular weight is 233 g/mol. The quantitative estimate of drug-likeness (QED) is 0.843. The van der Waals surface area contributed by atoms with Gasteiger partial charge in [0.25, 0.3) is 0 Å². The molecule has 1 aromatic carbocycles. The Kier molecular flexibility index (Phi) is 3.20. The molecule has 0 radical (unpaired) electrons. The predicted octanol–water partition coefficient (Wildman–Crippen LogP) is 2.88. The molecule has 0 spiro atoms. The molecule has 16 heavy (non-hydrogen) atoms. The Morgan fingerprint density at radius 1 is 1.38 bits per heavy atom. The molecule has 2 aliphatic heterocycles. The fourth-order valence-electron chi connectivity index (χ4n) is 2.77. The van der Waals surface area contributed by atoms with E-state index in [0.717, 1.165) is 5.92 Å². The van der Waals surface area contributed by atoms with Crippen LogP contribution in [0.15, 0.2) is 23.1 Å². The van der Waals surface area contributed by atoms with E-state index in [-0.39, 0.29) is 0 Å². The van der Waals surface area contributed by atoms with E-state index in [1.165, 1.54) is 44.5 Å². The van der Waals surface area contributed by atoms with Crippen molar-refractivity contribution >= 4 is 11.8 Å². The molecule has 0 amide bonds. The summed E-state index contributed by atoms with van der Waals surface area (Å²) in [7, 11) is 0. The molecule has 0 aromatic heterocycles. The first-order valence-electron chi connectivity index (χ1n) is 6.37. The van der Waals surface area contributed by atoms with Crippen LogP contribution in [0.1, 0.15) is 24.0 Å². The van der Waals surface area contributed by atoms with Gasteiger partial charge >= 0.3 is 0 Å². The van der Waals surface area contributed by atoms with Crippen molar-refractivity contribution in [2.75, 3.05) is 18.8 Å². The van der Waals surface area contributed by atoms with Crippen LogP contribution < -0.4 is 5.32 Å². The molecule has 2 aliphatic rings. The van der Waals surface area contributed by atoms with Crippen LogP contribution >= 0.6 is 11.8 Å². The monoisotopic (exact) mass is 233 g/mol. The van der Waals surface area contributed by atoms with Crippen LogP contribution in [0.3, 0.4) is 0 Å². The molecule has 2 heterocycles. The highest BCUT2D eigenvalue weighted by Gasteiger charge is 2.16. The van der Waals surface area contributed by atoms with Crippen LogP contribution in [0.2, 0.25) is 0 Å². The Bertz CT molecular complexity index is 369. The van der Waals surface area contributed by atoms with E-state index in [1.54, 1.807) is 16.0 Å². The largest absolute Gasteiger partial charge is 0.316 e. The van der Waals surface area contributed by atoms with E-state index in [1.807, 2.05) is 11.8 Å². The average Bonchev–Trinajstić information content (AvgIpc) is 2.77. The number of hydrogen-bond donors (Lipinski definition) is 1. The molecule has 0 bridgehead atoms. The minimum atomic E-state index is 0.859. The van der Waals surface area contributed by atoms with E-state index < -0.39 is 0 Å². The lowest BCUT2D eigenvalue weighted by Crippen LogP contribution is -2.30. The maximum absolute atomic E-state index is 3.50. The molecular formula is C14H19NS. The van der Waals surface area contributed by atoms with Crippen molar-refractivity contribution in [1.29, 1.82) is 0 Å². The van der Waals surface area contributed by atoms with Gasteiger partial charge in [0.1, 0.15) is 0 Å². The zero-order chi connectivity index (χ0) is 10.8. The maximum atomic E-state index is 3.50. The summed E-state index contributed by atoms with van der Waals surface area (Å²) >= 11 is 2.03. The Morgan fingerprint density at radius 2 is 2.38 bits per heavy atom. The number of piperidine rings is 1. The van der Waals surface area contributed by atoms with Crippen molar-refractivity contribution in [2.45, 2.75) is 30.6 Å². The number of aryl methyl sites for hydroxylation is 1. The molecule has 1 unspecified atom stereocenters. The first-order chi connectivity index (χ1) is 7.92. The van der Waals surface area contributed by atoms with Crippen molar-refractivity contribution in [1.82, 2.24) is 5.32 Å². The molecule has 1 atom stereocenters. The number of fused-ring (bicyclic) bond motifs is 1. The summed E-state index contributed by atoms with van der Waals surface area (Å²) in [5, 5.41) is 3.50. The third-order valence-corrected chi connectivity index (χ3v) is 4.78. The molecule has 1 nitrogen and oxygen atoms in total. The first-order valence-corrected chi connectivity index (χ1v) is 7.36. The Labute approximate surface area is 102 Å². The number of hydrogen-bond acceptors (Lipinski definition) is 2. The smallest absolute Gasteiger partial charge is 0.0107 e. The standard InChI is InChI=1S/C14H19NS/c1-2-12(10-15-6-1)8-11-3-4-13-5-7-16-14(13)9-11/h3-4,9,12,15H,1-2,5-8,10H2. The van der Waals surface area contributed by atoms with Crippen LogP contribution in [-0.4, -0.2) is 18.8 Å². The van der Waals surface area contributed by atoms with Crippen LogP contribution in [-0.2, 0) is 12.8 Å².